The van der Waals surface area contributed by atoms with Crippen molar-refractivity contribution in [1.29, 1.82) is 0 Å². The Hall–Kier alpha value is -1.73. The minimum absolute atomic E-state index is 0.0275. The summed E-state index contributed by atoms with van der Waals surface area (Å²) in [7, 11) is 1.65. The summed E-state index contributed by atoms with van der Waals surface area (Å²) >= 11 is 0. The fourth-order valence-electron chi connectivity index (χ4n) is 2.39. The summed E-state index contributed by atoms with van der Waals surface area (Å²) in [6.07, 6.45) is 4.92. The Labute approximate surface area is 125 Å². The average molecular weight is 293 g/mol. The van der Waals surface area contributed by atoms with Crippen LogP contribution in [-0.2, 0) is 9.53 Å². The quantitative estimate of drug-likeness (QED) is 0.736. The van der Waals surface area contributed by atoms with Gasteiger partial charge in [0.15, 0.2) is 0 Å². The number of carbonyl (C=O) groups excluding carboxylic acids is 1. The first-order chi connectivity index (χ1) is 10.2. The molecule has 2 rings (SSSR count). The van der Waals surface area contributed by atoms with Gasteiger partial charge in [-0.25, -0.2) is 9.97 Å². The molecule has 116 valence electrons. The van der Waals surface area contributed by atoms with Crippen LogP contribution in [0.15, 0.2) is 18.5 Å². The number of aromatic nitrogens is 2. The zero-order chi connectivity index (χ0) is 15.1. The van der Waals surface area contributed by atoms with E-state index in [1.807, 2.05) is 4.90 Å². The maximum absolute atomic E-state index is 12.2. The standard InChI is InChI=1S/C14H23N5O2/c1-21-11-2-4-12(15)13(20)18-7-9-19(10-8-18)14-16-5-3-6-17-14/h3,5-6,12H,2,4,7-11,15H2,1H3. The first-order valence-corrected chi connectivity index (χ1v) is 7.27. The highest BCUT2D eigenvalue weighted by Crippen LogP contribution is 2.11. The first-order valence-electron chi connectivity index (χ1n) is 7.27. The van der Waals surface area contributed by atoms with E-state index in [4.69, 9.17) is 10.5 Å². The van der Waals surface area contributed by atoms with Gasteiger partial charge in [-0.1, -0.05) is 0 Å². The van der Waals surface area contributed by atoms with Gasteiger partial charge in [0.1, 0.15) is 0 Å². The van der Waals surface area contributed by atoms with Crippen LogP contribution in [0.1, 0.15) is 12.8 Å². The summed E-state index contributed by atoms with van der Waals surface area (Å²) in [6, 6.07) is 1.36. The minimum atomic E-state index is -0.431. The zero-order valence-electron chi connectivity index (χ0n) is 12.4. The number of amides is 1. The van der Waals surface area contributed by atoms with Crippen LogP contribution in [0.4, 0.5) is 5.95 Å². The van der Waals surface area contributed by atoms with E-state index < -0.39 is 6.04 Å². The number of carbonyl (C=O) groups is 1. The average Bonchev–Trinajstić information content (AvgIpc) is 2.55. The molecule has 0 radical (unpaired) electrons. The van der Waals surface area contributed by atoms with Crippen LogP contribution in [-0.4, -0.2) is 66.7 Å². The Morgan fingerprint density at radius 3 is 2.62 bits per heavy atom. The van der Waals surface area contributed by atoms with Gasteiger partial charge in [-0.15, -0.1) is 0 Å². The van der Waals surface area contributed by atoms with Gasteiger partial charge in [-0.05, 0) is 18.9 Å². The van der Waals surface area contributed by atoms with Gasteiger partial charge in [0, 0.05) is 52.3 Å². The van der Waals surface area contributed by atoms with E-state index in [1.54, 1.807) is 25.6 Å². The highest BCUT2D eigenvalue weighted by atomic mass is 16.5. The Morgan fingerprint density at radius 1 is 1.33 bits per heavy atom. The molecule has 0 saturated carbocycles. The minimum Gasteiger partial charge on any atom is -0.385 e. The maximum atomic E-state index is 12.2. The van der Waals surface area contributed by atoms with Crippen molar-refractivity contribution in [3.8, 4) is 0 Å². The summed E-state index contributed by atoms with van der Waals surface area (Å²) in [5.41, 5.74) is 5.95. The van der Waals surface area contributed by atoms with Crippen molar-refractivity contribution in [2.24, 2.45) is 5.73 Å². The monoisotopic (exact) mass is 293 g/mol. The molecule has 1 unspecified atom stereocenters. The van der Waals surface area contributed by atoms with E-state index in [2.05, 4.69) is 14.9 Å². The van der Waals surface area contributed by atoms with Crippen LogP contribution in [0, 0.1) is 0 Å². The van der Waals surface area contributed by atoms with E-state index in [-0.39, 0.29) is 5.91 Å². The zero-order valence-corrected chi connectivity index (χ0v) is 12.4. The molecule has 0 aromatic carbocycles. The molecule has 0 spiro atoms. The van der Waals surface area contributed by atoms with E-state index >= 15 is 0 Å². The molecule has 0 bridgehead atoms. The summed E-state index contributed by atoms with van der Waals surface area (Å²) in [4.78, 5) is 24.6. The number of nitrogens with zero attached hydrogens (tertiary/aromatic N) is 4. The number of ether oxygens (including phenoxy) is 1. The van der Waals surface area contributed by atoms with Crippen molar-refractivity contribution >= 4 is 11.9 Å². The lowest BCUT2D eigenvalue weighted by Crippen LogP contribution is -2.53. The second kappa shape index (κ2) is 7.90. The van der Waals surface area contributed by atoms with Crippen molar-refractivity contribution in [3.63, 3.8) is 0 Å². The Balaban J connectivity index is 1.79. The van der Waals surface area contributed by atoms with Gasteiger partial charge in [0.2, 0.25) is 11.9 Å². The SMILES string of the molecule is COCCCC(N)C(=O)N1CCN(c2ncccn2)CC1. The normalized spacial score (nSPS) is 16.9. The number of anilines is 1. The van der Waals surface area contributed by atoms with Crippen LogP contribution in [0.5, 0.6) is 0 Å². The topological polar surface area (TPSA) is 84.6 Å². The fraction of sp³-hybridized carbons (Fsp3) is 0.643. The van der Waals surface area contributed by atoms with E-state index in [0.717, 1.165) is 19.5 Å². The number of piperazine rings is 1. The highest BCUT2D eigenvalue weighted by Gasteiger charge is 2.25. The van der Waals surface area contributed by atoms with Gasteiger partial charge in [-0.3, -0.25) is 4.79 Å². The van der Waals surface area contributed by atoms with Gasteiger partial charge >= 0.3 is 0 Å². The molecule has 1 aliphatic heterocycles. The van der Waals surface area contributed by atoms with Crippen LogP contribution in [0.3, 0.4) is 0 Å². The van der Waals surface area contributed by atoms with Crippen LogP contribution in [0.2, 0.25) is 0 Å². The lowest BCUT2D eigenvalue weighted by Gasteiger charge is -2.35. The number of nitrogens with two attached hydrogens (primary N) is 1. The van der Waals surface area contributed by atoms with Crippen LogP contribution >= 0.6 is 0 Å². The molecule has 1 atom stereocenters. The molecule has 1 aliphatic rings. The molecular formula is C14H23N5O2. The number of rotatable bonds is 6. The number of methoxy groups -OCH3 is 1. The molecule has 7 nitrogen and oxygen atoms in total. The smallest absolute Gasteiger partial charge is 0.239 e. The summed E-state index contributed by atoms with van der Waals surface area (Å²) in [5.74, 6) is 0.744. The van der Waals surface area contributed by atoms with Crippen molar-refractivity contribution in [1.82, 2.24) is 14.9 Å². The van der Waals surface area contributed by atoms with Crippen LogP contribution < -0.4 is 10.6 Å². The van der Waals surface area contributed by atoms with Gasteiger partial charge in [0.05, 0.1) is 6.04 Å². The predicted octanol–water partition coefficient (Wildman–Crippen LogP) is -0.121. The highest BCUT2D eigenvalue weighted by molar-refractivity contribution is 5.81. The predicted molar refractivity (Wildman–Crippen MR) is 79.9 cm³/mol. The largest absolute Gasteiger partial charge is 0.385 e. The molecular weight excluding hydrogens is 270 g/mol. The molecule has 7 heteroatoms. The molecule has 2 N–H and O–H groups in total. The number of hydrogen-bond donors (Lipinski definition) is 1. The van der Waals surface area contributed by atoms with Crippen LogP contribution in [0.25, 0.3) is 0 Å². The Bertz CT molecular complexity index is 434. The third kappa shape index (κ3) is 4.37. The Kier molecular flexibility index (Phi) is 5.89. The fourth-order valence-corrected chi connectivity index (χ4v) is 2.39. The van der Waals surface area contributed by atoms with E-state index in [9.17, 15) is 4.79 Å². The molecule has 0 aliphatic carbocycles. The van der Waals surface area contributed by atoms with Gasteiger partial charge in [0.25, 0.3) is 0 Å². The van der Waals surface area contributed by atoms with Crippen molar-refractivity contribution < 1.29 is 9.53 Å². The second-order valence-electron chi connectivity index (χ2n) is 5.10. The van der Waals surface area contributed by atoms with Crippen molar-refractivity contribution in [2.45, 2.75) is 18.9 Å². The first kappa shape index (κ1) is 15.7. The molecule has 1 saturated heterocycles. The van der Waals surface area contributed by atoms with Gasteiger partial charge in [-0.2, -0.15) is 0 Å². The molecule has 1 aromatic heterocycles. The van der Waals surface area contributed by atoms with Crippen molar-refractivity contribution in [2.75, 3.05) is 44.8 Å². The lowest BCUT2D eigenvalue weighted by molar-refractivity contribution is -0.133. The maximum Gasteiger partial charge on any atom is 0.239 e. The lowest BCUT2D eigenvalue weighted by atomic mass is 10.1. The van der Waals surface area contributed by atoms with E-state index in [1.165, 1.54) is 0 Å². The third-order valence-electron chi connectivity index (χ3n) is 3.61. The summed E-state index contributed by atoms with van der Waals surface area (Å²) < 4.78 is 4.98. The Morgan fingerprint density at radius 2 is 2.00 bits per heavy atom. The summed E-state index contributed by atoms with van der Waals surface area (Å²) in [5, 5.41) is 0. The second-order valence-corrected chi connectivity index (χ2v) is 5.10. The third-order valence-corrected chi connectivity index (χ3v) is 3.61. The number of hydrogen-bond acceptors (Lipinski definition) is 6. The van der Waals surface area contributed by atoms with Crippen molar-refractivity contribution in [3.05, 3.63) is 18.5 Å². The molecule has 1 amide bonds. The molecule has 21 heavy (non-hydrogen) atoms. The molecule has 2 heterocycles. The molecule has 1 fully saturated rings. The molecule has 1 aromatic rings. The van der Waals surface area contributed by atoms with E-state index in [0.29, 0.717) is 32.1 Å². The van der Waals surface area contributed by atoms with Gasteiger partial charge < -0.3 is 20.3 Å². The summed E-state index contributed by atoms with van der Waals surface area (Å²) in [6.45, 7) is 3.44.